The van der Waals surface area contributed by atoms with Crippen molar-refractivity contribution in [3.63, 3.8) is 0 Å². The number of fused-ring (bicyclic) bond motifs is 35. The first kappa shape index (κ1) is 89.9. The topological polar surface area (TPSA) is 187 Å². The maximum atomic E-state index is 6.58. The first-order chi connectivity index (χ1) is 67.8. The first-order valence-electron chi connectivity index (χ1n) is 47.6. The smallest absolute Gasteiger partial charge is 0.137 e. The zero-order valence-electron chi connectivity index (χ0n) is 82.8. The van der Waals surface area contributed by atoms with E-state index in [1.54, 1.807) is 35.5 Å². The molecule has 0 radical (unpaired) electrons. The number of aromatic nitrogens is 5. The van der Waals surface area contributed by atoms with Crippen molar-refractivity contribution in [2.45, 2.75) is 104 Å². The highest BCUT2D eigenvalue weighted by Gasteiger charge is 2.33. The molecule has 15 aromatic rings. The molecule has 11 heterocycles. The van der Waals surface area contributed by atoms with Crippen LogP contribution in [0.3, 0.4) is 0 Å². The van der Waals surface area contributed by atoms with Gasteiger partial charge in [0.2, 0.25) is 0 Å². The molecule has 0 saturated heterocycles. The lowest BCUT2D eigenvalue weighted by Crippen LogP contribution is -2.03. The van der Waals surface area contributed by atoms with E-state index in [4.69, 9.17) is 48.6 Å². The van der Waals surface area contributed by atoms with Crippen LogP contribution >= 0.6 is 0 Å². The Hall–Kier alpha value is -16.7. The summed E-state index contributed by atoms with van der Waals surface area (Å²) in [5, 5.41) is 0. The first-order valence-corrected chi connectivity index (χ1v) is 47.6. The minimum Gasteiger partial charge on any atom is -0.495 e. The van der Waals surface area contributed by atoms with E-state index >= 15 is 0 Å². The van der Waals surface area contributed by atoms with E-state index in [0.717, 1.165) is 281 Å². The van der Waals surface area contributed by atoms with E-state index in [0.29, 0.717) is 28.7 Å². The number of rotatable bonds is 10. The summed E-state index contributed by atoms with van der Waals surface area (Å²) in [6.07, 6.45) is 21.2. The number of aliphatic imine (C=N–C) groups is 5. The van der Waals surface area contributed by atoms with Gasteiger partial charge in [0.25, 0.3) is 0 Å². The normalized spacial score (nSPS) is 15.9. The molecule has 0 spiro atoms. The van der Waals surface area contributed by atoms with Crippen molar-refractivity contribution < 1.29 is 23.7 Å². The molecule has 0 fully saturated rings. The molecule has 6 aliphatic heterocycles. The summed E-state index contributed by atoms with van der Waals surface area (Å²) in [6.45, 7) is 32.7. The van der Waals surface area contributed by atoms with Gasteiger partial charge in [-0.05, 0) is 369 Å². The maximum Gasteiger partial charge on any atom is 0.137 e. The van der Waals surface area contributed by atoms with Crippen LogP contribution in [0.2, 0.25) is 0 Å². The minimum atomic E-state index is 0.680. The molecule has 5 aromatic heterocycles. The number of hydrogen-bond donors (Lipinski definition) is 5. The van der Waals surface area contributed by atoms with E-state index in [-0.39, 0.29) is 0 Å². The molecule has 21 rings (SSSR count). The van der Waals surface area contributed by atoms with Crippen LogP contribution in [0.25, 0.3) is 84.2 Å². The highest BCUT2D eigenvalue weighted by molar-refractivity contribution is 6.19. The van der Waals surface area contributed by atoms with Crippen LogP contribution in [-0.4, -0.2) is 89.0 Å². The lowest BCUT2D eigenvalue weighted by molar-refractivity contribution is 0.415. The Morgan fingerprint density at radius 3 is 0.464 bits per heavy atom. The van der Waals surface area contributed by atoms with Crippen molar-refractivity contribution in [2.75, 3.05) is 35.5 Å². The van der Waals surface area contributed by atoms with E-state index in [1.165, 1.54) is 27.8 Å². The van der Waals surface area contributed by atoms with E-state index in [2.05, 4.69) is 402 Å². The van der Waals surface area contributed by atoms with E-state index in [9.17, 15) is 0 Å². The third-order valence-electron chi connectivity index (χ3n) is 27.8. The fourth-order valence-electron chi connectivity index (χ4n) is 22.5. The average Bonchev–Trinajstić information content (AvgIpc) is 1.55. The second-order valence-corrected chi connectivity index (χ2v) is 37.7. The van der Waals surface area contributed by atoms with Crippen LogP contribution < -0.4 is 23.7 Å². The number of aryl methyl sites for hydroxylation is 15. The highest BCUT2D eigenvalue weighted by atomic mass is 16.5. The van der Waals surface area contributed by atoms with Crippen LogP contribution in [-0.2, 0) is 0 Å². The summed E-state index contributed by atoms with van der Waals surface area (Å²) in [5.74, 6) is 3.40. The lowest BCUT2D eigenvalue weighted by Gasteiger charge is -2.17. The van der Waals surface area contributed by atoms with Crippen LogP contribution in [0, 0.1) is 104 Å². The van der Waals surface area contributed by atoms with Gasteiger partial charge in [-0.3, -0.25) is 0 Å². The van der Waals surface area contributed by atoms with Gasteiger partial charge in [-0.15, -0.1) is 0 Å². The van der Waals surface area contributed by atoms with Gasteiger partial charge in [-0.2, -0.15) is 0 Å². The molecule has 5 N–H and O–H groups in total. The number of aromatic amines is 5. The van der Waals surface area contributed by atoms with Crippen LogP contribution in [0.15, 0.2) is 327 Å². The molecule has 30 bridgehead atoms. The number of nitrogens with one attached hydrogen (secondary N) is 5. The second-order valence-electron chi connectivity index (χ2n) is 37.7. The summed E-state index contributed by atoms with van der Waals surface area (Å²) >= 11 is 0. The predicted molar refractivity (Wildman–Crippen MR) is 576 cm³/mol. The lowest BCUT2D eigenvalue weighted by atomic mass is 9.90. The Labute approximate surface area is 818 Å². The van der Waals surface area contributed by atoms with Gasteiger partial charge in [0.15, 0.2) is 0 Å². The third kappa shape index (κ3) is 15.8. The number of methoxy groups -OCH3 is 5. The molecular formula is C125H110N10O5. The molecule has 10 aromatic carbocycles. The fourth-order valence-corrected chi connectivity index (χ4v) is 22.5. The number of hydrogen-bond acceptors (Lipinski definition) is 10. The zero-order valence-corrected chi connectivity index (χ0v) is 82.8. The quantitative estimate of drug-likeness (QED) is 0.0910. The van der Waals surface area contributed by atoms with E-state index in [1.807, 2.05) is 0 Å². The Morgan fingerprint density at radius 2 is 0.314 bits per heavy atom. The van der Waals surface area contributed by atoms with Crippen molar-refractivity contribution in [1.29, 1.82) is 0 Å². The number of nitrogens with zero attached hydrogens (tertiary/aromatic N) is 5. The average molecular weight is 1830 g/mol. The molecule has 140 heavy (non-hydrogen) atoms. The Kier molecular flexibility index (Phi) is 23.2. The standard InChI is InChI=1S/C125H110N10O5/c1-66-56-71(6)111(72(7)57-66)116-101-46-36-91(126-101)81-26-21-28-83(121(81)136-16)93-38-48-103(128-93)117(112-73(8)58-67(2)59-74(112)9)105-50-40-95(130-105)85-30-23-32-87(123(85)138-18)97-42-52-107(132-97)119(114-77(12)62-69(4)63-78(114)13)109-54-44-99(134-109)89-34-25-35-90(125(89)140-20)100-45-55-110(135-100)120(115-79(14)64-70(5)65-80(115)15)108-53-43-98(133-108)88-33-24-31-86(124(88)139-19)96-41-51-106(131-96)118(113-75(10)60-68(3)61-76(113)11)104-49-39-94(129-104)84-29-22-27-82(122(84)137-17)92-37-47-102(116)127-92/h21-65,126,129-130,133-134H,1-20H3/b116-102+,117-103+,118-106+,119-107?,120-110?. The summed E-state index contributed by atoms with van der Waals surface area (Å²) in [4.78, 5) is 47.8. The molecule has 690 valence electrons. The molecular weight excluding hydrogens is 1720 g/mol. The Balaban J connectivity index is 0.739. The van der Waals surface area contributed by atoms with Crippen molar-refractivity contribution in [2.24, 2.45) is 25.0 Å². The number of allylic oxidation sites excluding steroid dienone is 10. The van der Waals surface area contributed by atoms with E-state index < -0.39 is 0 Å². The van der Waals surface area contributed by atoms with Gasteiger partial charge in [0.05, 0.1) is 92.6 Å². The molecule has 0 saturated carbocycles. The molecule has 15 nitrogen and oxygen atoms in total. The monoisotopic (exact) mass is 1830 g/mol. The number of H-pyrrole nitrogens is 5. The number of benzene rings is 10. The summed E-state index contributed by atoms with van der Waals surface area (Å²) in [5.41, 5.74) is 52.8. The van der Waals surface area contributed by atoms with Gasteiger partial charge in [0.1, 0.15) is 28.7 Å². The SMILES string of the molecule is COc1c2cccc1-c1ccc([nH]1)C(c1c(C)cc(C)cc1C)=C1C=CC(=N1)c1cccc(c1OC)-c1ccc([nH]1)C(c1c(C)cc(C)cc1C)=C1C=CC(=N1)c1cccc(c1OC)-c1ccc([nH]1)/C(c1c(C)cc(C)cc1C)=C1/C=CC(=N1)c1cccc(c1OC)-c1ccc([nH]1)/C(c1c(C)cc(C)cc1C)=C1/C=CC(=N1)c1cccc(c1OC)-c1ccc([nH]1)/C(c1c(C)cc(C)cc1C)=C1/C=CC2=N1. The molecule has 0 amide bonds. The Morgan fingerprint density at radius 1 is 0.171 bits per heavy atom. The molecule has 6 aliphatic rings. The van der Waals surface area contributed by atoms with Crippen LogP contribution in [0.1, 0.15) is 168 Å². The van der Waals surface area contributed by atoms with Gasteiger partial charge in [0, 0.05) is 140 Å². The molecule has 15 heteroatoms. The largest absolute Gasteiger partial charge is 0.495 e. The fraction of sp³-hybridized carbons (Fsp3) is 0.160. The maximum absolute atomic E-state index is 6.58. The highest BCUT2D eigenvalue weighted by Crippen LogP contribution is 2.49. The Bertz CT molecular complexity index is 7110. The van der Waals surface area contributed by atoms with Crippen molar-refractivity contribution in [1.82, 2.24) is 24.9 Å². The van der Waals surface area contributed by atoms with Gasteiger partial charge < -0.3 is 48.6 Å². The van der Waals surface area contributed by atoms with Gasteiger partial charge >= 0.3 is 0 Å². The predicted octanol–water partition coefficient (Wildman–Crippen LogP) is 28.7. The number of para-hydroxylation sites is 5. The van der Waals surface area contributed by atoms with Gasteiger partial charge in [-0.25, -0.2) is 25.0 Å². The minimum absolute atomic E-state index is 0.680. The van der Waals surface area contributed by atoms with Crippen molar-refractivity contribution in [3.8, 4) is 85.0 Å². The second kappa shape index (κ2) is 36.1. The summed E-state index contributed by atoms with van der Waals surface area (Å²) in [6, 6.07) is 75.5. The molecule has 0 unspecified atom stereocenters. The summed E-state index contributed by atoms with van der Waals surface area (Å²) in [7, 11) is 8.71. The van der Waals surface area contributed by atoms with Crippen LogP contribution in [0.5, 0.6) is 28.7 Å². The van der Waals surface area contributed by atoms with Crippen LogP contribution in [0.4, 0.5) is 0 Å². The van der Waals surface area contributed by atoms with Gasteiger partial charge in [-0.1, -0.05) is 119 Å². The summed E-state index contributed by atoms with van der Waals surface area (Å²) < 4.78 is 32.9. The number of ether oxygens (including phenoxy) is 5. The van der Waals surface area contributed by atoms with Crippen molar-refractivity contribution >= 4 is 56.4 Å². The molecule has 0 aliphatic carbocycles. The van der Waals surface area contributed by atoms with Crippen molar-refractivity contribution in [3.05, 3.63) is 469 Å². The third-order valence-corrected chi connectivity index (χ3v) is 27.8. The molecule has 0 atom stereocenters. The zero-order chi connectivity index (χ0) is 97.1.